The maximum atomic E-state index is 12.7. The summed E-state index contributed by atoms with van der Waals surface area (Å²) in [6.07, 6.45) is 4.99. The van der Waals surface area contributed by atoms with Gasteiger partial charge in [-0.15, -0.1) is 11.3 Å². The van der Waals surface area contributed by atoms with Crippen LogP contribution < -0.4 is 10.9 Å². The highest BCUT2D eigenvalue weighted by Gasteiger charge is 2.19. The first-order chi connectivity index (χ1) is 12.5. The molecule has 26 heavy (non-hydrogen) atoms. The van der Waals surface area contributed by atoms with E-state index in [9.17, 15) is 9.59 Å². The molecule has 0 aliphatic carbocycles. The Kier molecular flexibility index (Phi) is 3.89. The van der Waals surface area contributed by atoms with E-state index >= 15 is 0 Å². The van der Waals surface area contributed by atoms with Gasteiger partial charge in [0.15, 0.2) is 0 Å². The summed E-state index contributed by atoms with van der Waals surface area (Å²) < 4.78 is 3.13. The molecule has 0 saturated carbocycles. The number of hydrogen-bond donors (Lipinski definition) is 1. The molecular formula is C18H15N5O2S. The standard InChI is InChI=1S/C18H15N5O2S/c1-11-14-17(19-10-22(2)18(14)25)26-15(11)16(24)21-12-5-3-6-13(9-12)23-8-4-7-20-23/h3-10H,1-2H3,(H,21,24). The van der Waals surface area contributed by atoms with Crippen LogP contribution in [-0.2, 0) is 7.05 Å². The van der Waals surface area contributed by atoms with Crippen LogP contribution in [0.3, 0.4) is 0 Å². The molecule has 3 heterocycles. The average Bonchev–Trinajstić information content (AvgIpc) is 3.27. The Morgan fingerprint density at radius 3 is 2.88 bits per heavy atom. The van der Waals surface area contributed by atoms with Crippen LogP contribution in [0.5, 0.6) is 0 Å². The van der Waals surface area contributed by atoms with Gasteiger partial charge in [0.1, 0.15) is 4.83 Å². The van der Waals surface area contributed by atoms with Crippen LogP contribution >= 0.6 is 11.3 Å². The minimum absolute atomic E-state index is 0.150. The van der Waals surface area contributed by atoms with E-state index in [4.69, 9.17) is 0 Å². The molecule has 0 saturated heterocycles. The van der Waals surface area contributed by atoms with E-state index in [-0.39, 0.29) is 11.5 Å². The molecule has 1 aromatic carbocycles. The lowest BCUT2D eigenvalue weighted by molar-refractivity contribution is 0.103. The summed E-state index contributed by atoms with van der Waals surface area (Å²) in [5.74, 6) is -0.259. The van der Waals surface area contributed by atoms with Gasteiger partial charge >= 0.3 is 0 Å². The van der Waals surface area contributed by atoms with E-state index in [0.717, 1.165) is 5.69 Å². The van der Waals surface area contributed by atoms with Crippen molar-refractivity contribution in [3.05, 3.63) is 69.8 Å². The molecule has 1 amide bonds. The van der Waals surface area contributed by atoms with Gasteiger partial charge in [-0.2, -0.15) is 5.10 Å². The van der Waals surface area contributed by atoms with E-state index in [2.05, 4.69) is 15.4 Å². The Morgan fingerprint density at radius 1 is 1.27 bits per heavy atom. The highest BCUT2D eigenvalue weighted by atomic mass is 32.1. The highest BCUT2D eigenvalue weighted by molar-refractivity contribution is 7.20. The molecular weight excluding hydrogens is 350 g/mol. The molecule has 0 spiro atoms. The van der Waals surface area contributed by atoms with Crippen molar-refractivity contribution in [2.45, 2.75) is 6.92 Å². The van der Waals surface area contributed by atoms with Crippen molar-refractivity contribution in [1.82, 2.24) is 19.3 Å². The Balaban J connectivity index is 1.68. The second-order valence-corrected chi connectivity index (χ2v) is 6.85. The molecule has 7 nitrogen and oxygen atoms in total. The van der Waals surface area contributed by atoms with Crippen molar-refractivity contribution in [2.75, 3.05) is 5.32 Å². The van der Waals surface area contributed by atoms with Crippen LogP contribution in [-0.4, -0.2) is 25.2 Å². The normalized spacial score (nSPS) is 11.0. The molecule has 130 valence electrons. The van der Waals surface area contributed by atoms with E-state index in [0.29, 0.717) is 26.3 Å². The van der Waals surface area contributed by atoms with Crippen LogP contribution in [0.1, 0.15) is 15.2 Å². The summed E-state index contributed by atoms with van der Waals surface area (Å²) >= 11 is 1.22. The lowest BCUT2D eigenvalue weighted by atomic mass is 10.2. The highest BCUT2D eigenvalue weighted by Crippen LogP contribution is 2.27. The van der Waals surface area contributed by atoms with Gasteiger partial charge < -0.3 is 9.88 Å². The third-order valence-corrected chi connectivity index (χ3v) is 5.29. The van der Waals surface area contributed by atoms with Crippen molar-refractivity contribution in [1.29, 1.82) is 0 Å². The van der Waals surface area contributed by atoms with Gasteiger partial charge in [-0.3, -0.25) is 9.59 Å². The Hall–Kier alpha value is -3.26. The first-order valence-corrected chi connectivity index (χ1v) is 8.72. The van der Waals surface area contributed by atoms with Crippen LogP contribution in [0.4, 0.5) is 5.69 Å². The molecule has 0 radical (unpaired) electrons. The third kappa shape index (κ3) is 2.70. The van der Waals surface area contributed by atoms with Crippen molar-refractivity contribution in [3.8, 4) is 5.69 Å². The van der Waals surface area contributed by atoms with Crippen LogP contribution in [0.2, 0.25) is 0 Å². The van der Waals surface area contributed by atoms with Crippen molar-refractivity contribution in [2.24, 2.45) is 7.05 Å². The van der Waals surface area contributed by atoms with Gasteiger partial charge in [0.25, 0.3) is 11.5 Å². The summed E-state index contributed by atoms with van der Waals surface area (Å²) in [4.78, 5) is 30.4. The lowest BCUT2D eigenvalue weighted by Gasteiger charge is -2.07. The molecule has 4 aromatic rings. The summed E-state index contributed by atoms with van der Waals surface area (Å²) in [5.41, 5.74) is 2.00. The number of aromatic nitrogens is 4. The number of anilines is 1. The molecule has 8 heteroatoms. The molecule has 0 aliphatic rings. The van der Waals surface area contributed by atoms with Crippen molar-refractivity contribution < 1.29 is 4.79 Å². The number of nitrogens with one attached hydrogen (secondary N) is 1. The summed E-state index contributed by atoms with van der Waals surface area (Å²) in [6, 6.07) is 9.23. The quantitative estimate of drug-likeness (QED) is 0.605. The van der Waals surface area contributed by atoms with Gasteiger partial charge in [0.2, 0.25) is 0 Å². The molecule has 0 bridgehead atoms. The maximum Gasteiger partial charge on any atom is 0.266 e. The number of carbonyl (C=O) groups excluding carboxylic acids is 1. The van der Waals surface area contributed by atoms with Gasteiger partial charge in [0, 0.05) is 25.1 Å². The number of amides is 1. The van der Waals surface area contributed by atoms with Crippen molar-refractivity contribution in [3.63, 3.8) is 0 Å². The predicted octanol–water partition coefficient (Wildman–Crippen LogP) is 2.74. The molecule has 3 aromatic heterocycles. The summed E-state index contributed by atoms with van der Waals surface area (Å²) in [7, 11) is 1.65. The van der Waals surface area contributed by atoms with E-state index in [1.807, 2.05) is 36.5 Å². The second-order valence-electron chi connectivity index (χ2n) is 5.85. The zero-order chi connectivity index (χ0) is 18.3. The third-order valence-electron chi connectivity index (χ3n) is 4.09. The summed E-state index contributed by atoms with van der Waals surface area (Å²) in [6.45, 7) is 1.77. The van der Waals surface area contributed by atoms with E-state index in [1.165, 1.54) is 22.2 Å². The van der Waals surface area contributed by atoms with Crippen LogP contribution in [0, 0.1) is 6.92 Å². The first-order valence-electron chi connectivity index (χ1n) is 7.91. The predicted molar refractivity (Wildman–Crippen MR) is 101 cm³/mol. The van der Waals surface area contributed by atoms with E-state index < -0.39 is 0 Å². The lowest BCUT2D eigenvalue weighted by Crippen LogP contribution is -2.17. The minimum atomic E-state index is -0.259. The fraction of sp³-hybridized carbons (Fsp3) is 0.111. The molecule has 0 fully saturated rings. The molecule has 1 N–H and O–H groups in total. The van der Waals surface area contributed by atoms with Crippen LogP contribution in [0.15, 0.2) is 53.8 Å². The maximum absolute atomic E-state index is 12.7. The molecule has 0 unspecified atom stereocenters. The fourth-order valence-corrected chi connectivity index (χ4v) is 3.80. The van der Waals surface area contributed by atoms with Gasteiger partial charge in [-0.1, -0.05) is 6.07 Å². The fourth-order valence-electron chi connectivity index (χ4n) is 2.76. The van der Waals surface area contributed by atoms with Gasteiger partial charge in [0.05, 0.1) is 22.3 Å². The number of carbonyl (C=O) groups is 1. The number of aryl methyl sites for hydroxylation is 2. The number of hydrogen-bond acceptors (Lipinski definition) is 5. The minimum Gasteiger partial charge on any atom is -0.321 e. The Bertz CT molecular complexity index is 1170. The van der Waals surface area contributed by atoms with Crippen LogP contribution in [0.25, 0.3) is 15.9 Å². The largest absolute Gasteiger partial charge is 0.321 e. The molecule has 0 aliphatic heterocycles. The zero-order valence-electron chi connectivity index (χ0n) is 14.1. The number of fused-ring (bicyclic) bond motifs is 1. The van der Waals surface area contributed by atoms with Gasteiger partial charge in [-0.05, 0) is 36.8 Å². The summed E-state index contributed by atoms with van der Waals surface area (Å²) in [5, 5.41) is 7.57. The Morgan fingerprint density at radius 2 is 2.12 bits per heavy atom. The van der Waals surface area contributed by atoms with Crippen molar-refractivity contribution >= 4 is 33.1 Å². The second kappa shape index (κ2) is 6.23. The SMILES string of the molecule is Cc1c(C(=O)Nc2cccc(-n3cccn3)c2)sc2ncn(C)c(=O)c12. The monoisotopic (exact) mass is 365 g/mol. The number of nitrogens with zero attached hydrogens (tertiary/aromatic N) is 4. The number of benzene rings is 1. The van der Waals surface area contributed by atoms with E-state index in [1.54, 1.807) is 24.9 Å². The Labute approximate surface area is 152 Å². The smallest absolute Gasteiger partial charge is 0.266 e. The number of rotatable bonds is 3. The molecule has 0 atom stereocenters. The zero-order valence-corrected chi connectivity index (χ0v) is 14.9. The van der Waals surface area contributed by atoms with Gasteiger partial charge in [-0.25, -0.2) is 9.67 Å². The first kappa shape index (κ1) is 16.2. The average molecular weight is 365 g/mol. The number of thiophene rings is 1. The molecule has 4 rings (SSSR count). The topological polar surface area (TPSA) is 81.8 Å².